The molecule has 176 valence electrons. The minimum absolute atomic E-state index is 0.00908. The number of hydrogen-bond donors (Lipinski definition) is 2. The summed E-state index contributed by atoms with van der Waals surface area (Å²) in [5.41, 5.74) is -0.469. The van der Waals surface area contributed by atoms with Crippen molar-refractivity contribution < 1.29 is 26.6 Å². The van der Waals surface area contributed by atoms with Crippen LogP contribution in [0.4, 0.5) is 23.2 Å². The van der Waals surface area contributed by atoms with Crippen LogP contribution >= 0.6 is 0 Å². The molecular formula is C20H25F4N5O2S. The van der Waals surface area contributed by atoms with E-state index >= 15 is 0 Å². The van der Waals surface area contributed by atoms with Crippen molar-refractivity contribution in [2.75, 3.05) is 11.6 Å². The Kier molecular flexibility index (Phi) is 6.38. The summed E-state index contributed by atoms with van der Waals surface area (Å²) >= 11 is 0. The van der Waals surface area contributed by atoms with E-state index in [9.17, 15) is 26.6 Å². The summed E-state index contributed by atoms with van der Waals surface area (Å²) in [7, 11) is -3.13. The fraction of sp³-hybridized carbons (Fsp3) is 0.550. The van der Waals surface area contributed by atoms with Gasteiger partial charge in [-0.05, 0) is 37.8 Å². The van der Waals surface area contributed by atoms with E-state index in [2.05, 4.69) is 15.4 Å². The van der Waals surface area contributed by atoms with Crippen LogP contribution in [0.3, 0.4) is 0 Å². The van der Waals surface area contributed by atoms with Crippen LogP contribution in [-0.2, 0) is 22.2 Å². The van der Waals surface area contributed by atoms with Gasteiger partial charge >= 0.3 is 0 Å². The molecule has 1 saturated carbocycles. The van der Waals surface area contributed by atoms with Gasteiger partial charge in [0.15, 0.2) is 0 Å². The van der Waals surface area contributed by atoms with Gasteiger partial charge in [0.1, 0.15) is 16.4 Å². The zero-order chi connectivity index (χ0) is 23.9. The molecular weight excluding hydrogens is 450 g/mol. The van der Waals surface area contributed by atoms with E-state index in [0.29, 0.717) is 6.92 Å². The summed E-state index contributed by atoms with van der Waals surface area (Å²) in [6, 6.07) is 2.70. The van der Waals surface area contributed by atoms with Crippen molar-refractivity contribution in [3.8, 4) is 0 Å². The monoisotopic (exact) mass is 475 g/mol. The number of alkyl halides is 4. The Morgan fingerprint density at radius 1 is 1.38 bits per heavy atom. The quantitative estimate of drug-likeness (QED) is 0.586. The maximum Gasteiger partial charge on any atom is 0.289 e. The summed E-state index contributed by atoms with van der Waals surface area (Å²) in [5, 5.41) is 6.48. The Balaban J connectivity index is 1.92. The molecule has 12 heteroatoms. The number of amides is 1. The number of anilines is 1. The molecule has 32 heavy (non-hydrogen) atoms. The highest BCUT2D eigenvalue weighted by Gasteiger charge is 2.37. The van der Waals surface area contributed by atoms with Gasteiger partial charge in [-0.25, -0.2) is 22.8 Å². The average Bonchev–Trinajstić information content (AvgIpc) is 2.99. The van der Waals surface area contributed by atoms with E-state index in [1.807, 2.05) is 0 Å². The second kappa shape index (κ2) is 8.45. The topological polar surface area (TPSA) is 101 Å². The largest absolute Gasteiger partial charge is 0.321 e. The third-order valence-corrected chi connectivity index (χ3v) is 6.50. The van der Waals surface area contributed by atoms with E-state index in [-0.39, 0.29) is 60.1 Å². The van der Waals surface area contributed by atoms with Gasteiger partial charge in [-0.2, -0.15) is 13.9 Å². The fourth-order valence-corrected chi connectivity index (χ4v) is 4.42. The molecule has 2 N–H and O–H groups in total. The van der Waals surface area contributed by atoms with Gasteiger partial charge in [0.2, 0.25) is 5.92 Å². The van der Waals surface area contributed by atoms with Crippen LogP contribution < -0.4 is 5.32 Å². The first-order valence-corrected chi connectivity index (χ1v) is 12.0. The van der Waals surface area contributed by atoms with Gasteiger partial charge in [0.05, 0.1) is 9.73 Å². The highest BCUT2D eigenvalue weighted by Crippen LogP contribution is 2.37. The standard InChI is InChI=1S/C20H25F4N5O2S/c1-12-16(18(30)27-14-6-9-26-15(10-14)32(3,25)31)29(28-17(12)19(2,21)22)11-13-4-7-20(23,24)8-5-13/h6,9-10,13,25H,4-5,7-8,11H2,1-3H3,(H,26,27,30). The van der Waals surface area contributed by atoms with Crippen LogP contribution in [-0.4, -0.2) is 37.1 Å². The number of nitrogens with zero attached hydrogens (tertiary/aromatic N) is 3. The number of nitrogens with one attached hydrogen (secondary N) is 2. The molecule has 0 aromatic carbocycles. The molecule has 2 heterocycles. The third kappa shape index (κ3) is 5.45. The number of halogens is 4. The predicted molar refractivity (Wildman–Crippen MR) is 111 cm³/mol. The molecule has 0 aliphatic heterocycles. The summed E-state index contributed by atoms with van der Waals surface area (Å²) in [6.07, 6.45) is 2.28. The first-order valence-electron chi connectivity index (χ1n) is 10.0. The highest BCUT2D eigenvalue weighted by atomic mass is 32.2. The van der Waals surface area contributed by atoms with Gasteiger partial charge in [-0.15, -0.1) is 0 Å². The normalized spacial score (nSPS) is 18.8. The van der Waals surface area contributed by atoms with Gasteiger partial charge in [-0.1, -0.05) is 0 Å². The van der Waals surface area contributed by atoms with Crippen molar-refractivity contribution in [3.63, 3.8) is 0 Å². The highest BCUT2D eigenvalue weighted by molar-refractivity contribution is 7.91. The van der Waals surface area contributed by atoms with Crippen molar-refractivity contribution in [3.05, 3.63) is 35.3 Å². The maximum atomic E-state index is 14.1. The number of rotatable bonds is 6. The van der Waals surface area contributed by atoms with Crippen molar-refractivity contribution in [1.29, 1.82) is 4.78 Å². The molecule has 0 spiro atoms. The molecule has 3 rings (SSSR count). The lowest BCUT2D eigenvalue weighted by Crippen LogP contribution is -2.28. The van der Waals surface area contributed by atoms with Crippen LogP contribution in [0.1, 0.15) is 54.4 Å². The van der Waals surface area contributed by atoms with Crippen molar-refractivity contribution in [2.45, 2.75) is 62.9 Å². The van der Waals surface area contributed by atoms with Crippen molar-refractivity contribution in [2.24, 2.45) is 5.92 Å². The van der Waals surface area contributed by atoms with E-state index < -0.39 is 33.2 Å². The van der Waals surface area contributed by atoms with Gasteiger partial charge in [0.25, 0.3) is 11.8 Å². The first-order chi connectivity index (χ1) is 14.7. The van der Waals surface area contributed by atoms with E-state index in [1.165, 1.54) is 36.2 Å². The van der Waals surface area contributed by atoms with E-state index in [0.717, 1.165) is 0 Å². The second-order valence-electron chi connectivity index (χ2n) is 8.37. The number of hydrogen-bond acceptors (Lipinski definition) is 5. The van der Waals surface area contributed by atoms with Crippen LogP contribution in [0, 0.1) is 17.6 Å². The maximum absolute atomic E-state index is 14.1. The number of aromatic nitrogens is 3. The molecule has 1 atom stereocenters. The third-order valence-electron chi connectivity index (χ3n) is 5.48. The van der Waals surface area contributed by atoms with Gasteiger partial charge < -0.3 is 5.32 Å². The van der Waals surface area contributed by atoms with Crippen LogP contribution in [0.5, 0.6) is 0 Å². The molecule has 1 fully saturated rings. The molecule has 0 radical (unpaired) electrons. The molecule has 1 aliphatic carbocycles. The summed E-state index contributed by atoms with van der Waals surface area (Å²) < 4.78 is 75.9. The summed E-state index contributed by atoms with van der Waals surface area (Å²) in [6.45, 7) is 2.10. The zero-order valence-electron chi connectivity index (χ0n) is 17.9. The summed E-state index contributed by atoms with van der Waals surface area (Å²) in [4.78, 5) is 16.9. The number of carbonyl (C=O) groups is 1. The lowest BCUT2D eigenvalue weighted by atomic mass is 9.87. The number of carbonyl (C=O) groups excluding carboxylic acids is 1. The van der Waals surface area contributed by atoms with Crippen LogP contribution in [0.2, 0.25) is 0 Å². The van der Waals surface area contributed by atoms with Crippen molar-refractivity contribution in [1.82, 2.24) is 14.8 Å². The Morgan fingerprint density at radius 3 is 2.56 bits per heavy atom. The smallest absolute Gasteiger partial charge is 0.289 e. The average molecular weight is 476 g/mol. The molecule has 2 aromatic heterocycles. The Hall–Kier alpha value is -2.50. The lowest BCUT2D eigenvalue weighted by Gasteiger charge is -2.28. The molecule has 1 aliphatic rings. The van der Waals surface area contributed by atoms with Crippen LogP contribution in [0.15, 0.2) is 23.4 Å². The van der Waals surface area contributed by atoms with Crippen molar-refractivity contribution >= 4 is 21.3 Å². The fourth-order valence-electron chi connectivity index (χ4n) is 3.81. The van der Waals surface area contributed by atoms with E-state index in [1.54, 1.807) is 0 Å². The minimum atomic E-state index is -3.30. The molecule has 1 unspecified atom stereocenters. The SMILES string of the molecule is Cc1c(C(C)(F)F)nn(CC2CCC(F)(F)CC2)c1C(=O)Nc1ccnc(S(C)(=N)=O)c1. The molecule has 1 amide bonds. The van der Waals surface area contributed by atoms with Gasteiger partial charge in [-0.3, -0.25) is 9.48 Å². The molecule has 2 aromatic rings. The lowest BCUT2D eigenvalue weighted by molar-refractivity contribution is -0.0477. The number of pyridine rings is 1. The molecule has 0 saturated heterocycles. The van der Waals surface area contributed by atoms with E-state index in [4.69, 9.17) is 4.78 Å². The molecule has 0 bridgehead atoms. The summed E-state index contributed by atoms with van der Waals surface area (Å²) in [5.74, 6) is -6.98. The Bertz CT molecular complexity index is 1120. The zero-order valence-corrected chi connectivity index (χ0v) is 18.7. The minimum Gasteiger partial charge on any atom is -0.321 e. The first kappa shape index (κ1) is 24.1. The van der Waals surface area contributed by atoms with Crippen LogP contribution in [0.25, 0.3) is 0 Å². The van der Waals surface area contributed by atoms with Gasteiger partial charge in [0, 0.05) is 50.0 Å². The Morgan fingerprint density at radius 2 is 2.00 bits per heavy atom. The Labute approximate surface area is 183 Å². The second-order valence-corrected chi connectivity index (χ2v) is 10.5. The molecule has 7 nitrogen and oxygen atoms in total. The predicted octanol–water partition coefficient (Wildman–Crippen LogP) is 4.81.